The zero-order valence-electron chi connectivity index (χ0n) is 18.2. The van der Waals surface area contributed by atoms with Crippen molar-refractivity contribution in [3.63, 3.8) is 0 Å². The molecule has 0 amide bonds. The topological polar surface area (TPSA) is 65.0 Å². The fourth-order valence-electron chi connectivity index (χ4n) is 4.50. The second-order valence-electron chi connectivity index (χ2n) is 8.97. The van der Waals surface area contributed by atoms with Crippen LogP contribution in [0.4, 0.5) is 0 Å². The summed E-state index contributed by atoms with van der Waals surface area (Å²) in [5.74, 6) is -0.488. The molecule has 3 rings (SSSR count). The lowest BCUT2D eigenvalue weighted by molar-refractivity contribution is -0.143. The number of esters is 1. The molecule has 0 radical (unpaired) electrons. The smallest absolute Gasteiger partial charge is 0.336 e. The Labute approximate surface area is 173 Å². The van der Waals surface area contributed by atoms with Crippen LogP contribution < -0.4 is 4.74 Å². The second-order valence-corrected chi connectivity index (χ2v) is 8.97. The molecule has 0 aromatic heterocycles. The maximum atomic E-state index is 13.3. The number of ketones is 1. The summed E-state index contributed by atoms with van der Waals surface area (Å²) in [7, 11) is 0. The van der Waals surface area contributed by atoms with Crippen molar-refractivity contribution in [2.24, 2.45) is 16.3 Å². The van der Waals surface area contributed by atoms with Gasteiger partial charge in [0.25, 0.3) is 0 Å². The van der Waals surface area contributed by atoms with Crippen LogP contribution in [0.25, 0.3) is 0 Å². The summed E-state index contributed by atoms with van der Waals surface area (Å²) in [6, 6.07) is 7.66. The van der Waals surface area contributed by atoms with Crippen molar-refractivity contribution in [3.05, 3.63) is 41.1 Å². The van der Waals surface area contributed by atoms with Gasteiger partial charge in [-0.2, -0.15) is 0 Å². The van der Waals surface area contributed by atoms with E-state index in [9.17, 15) is 9.59 Å². The number of allylic oxidation sites excluding steroid dienone is 1. The molecule has 1 aromatic rings. The van der Waals surface area contributed by atoms with Gasteiger partial charge in [0, 0.05) is 29.3 Å². The Morgan fingerprint density at radius 3 is 2.55 bits per heavy atom. The Hall–Kier alpha value is -2.43. The average Bonchev–Trinajstić information content (AvgIpc) is 2.59. The number of Topliss-reactive ketones (excluding diaryl/α,β-unsaturated/α-hetero) is 1. The van der Waals surface area contributed by atoms with E-state index in [1.807, 2.05) is 52.0 Å². The van der Waals surface area contributed by atoms with E-state index >= 15 is 0 Å². The monoisotopic (exact) mass is 397 g/mol. The molecule has 0 N–H and O–H groups in total. The molecule has 2 aliphatic rings. The third-order valence-electron chi connectivity index (χ3n) is 5.48. The molecule has 1 unspecified atom stereocenters. The van der Waals surface area contributed by atoms with Crippen molar-refractivity contribution in [1.29, 1.82) is 0 Å². The molecular weight excluding hydrogens is 366 g/mol. The highest BCUT2D eigenvalue weighted by Crippen LogP contribution is 2.48. The number of aliphatic imine (C=N–C) groups is 1. The minimum absolute atomic E-state index is 0.124. The van der Waals surface area contributed by atoms with Crippen LogP contribution in [0.15, 0.2) is 40.5 Å². The zero-order valence-corrected chi connectivity index (χ0v) is 18.2. The van der Waals surface area contributed by atoms with Gasteiger partial charge in [-0.05, 0) is 45.6 Å². The standard InChI is InChI=1S/C24H31NO4/c1-7-28-19-11-9-8-10-16(19)21-20(23(27)29-14(2)3)15(4)25-17-12-24(5,6)13-18(26)22(17)21/h8-11,14,21-22H,7,12-13H2,1-6H3/t21-,22?/m0/s1. The van der Waals surface area contributed by atoms with Crippen LogP contribution >= 0.6 is 0 Å². The van der Waals surface area contributed by atoms with Gasteiger partial charge in [-0.15, -0.1) is 0 Å². The molecule has 5 heteroatoms. The first kappa shape index (κ1) is 21.3. The summed E-state index contributed by atoms with van der Waals surface area (Å²) in [5, 5.41) is 0. The van der Waals surface area contributed by atoms with E-state index in [1.54, 1.807) is 0 Å². The minimum atomic E-state index is -0.456. The van der Waals surface area contributed by atoms with E-state index in [2.05, 4.69) is 13.8 Å². The van der Waals surface area contributed by atoms with Crippen LogP contribution in [-0.2, 0) is 14.3 Å². The number of benzene rings is 1. The normalized spacial score (nSPS) is 23.6. The highest BCUT2D eigenvalue weighted by atomic mass is 16.5. The number of rotatable bonds is 5. The van der Waals surface area contributed by atoms with Gasteiger partial charge in [-0.3, -0.25) is 9.79 Å². The molecule has 1 aromatic carbocycles. The number of para-hydroxylation sites is 1. The fourth-order valence-corrected chi connectivity index (χ4v) is 4.50. The van der Waals surface area contributed by atoms with Crippen LogP contribution in [0.2, 0.25) is 0 Å². The molecule has 0 spiro atoms. The Morgan fingerprint density at radius 2 is 1.90 bits per heavy atom. The van der Waals surface area contributed by atoms with Crippen molar-refractivity contribution in [2.75, 3.05) is 6.61 Å². The third-order valence-corrected chi connectivity index (χ3v) is 5.48. The summed E-state index contributed by atoms with van der Waals surface area (Å²) in [5.41, 5.74) is 2.67. The van der Waals surface area contributed by atoms with Crippen molar-refractivity contribution >= 4 is 17.5 Å². The van der Waals surface area contributed by atoms with E-state index in [4.69, 9.17) is 14.5 Å². The van der Waals surface area contributed by atoms with Crippen molar-refractivity contribution < 1.29 is 19.1 Å². The number of carbonyl (C=O) groups excluding carboxylic acids is 2. The lowest BCUT2D eigenvalue weighted by Crippen LogP contribution is -2.44. The van der Waals surface area contributed by atoms with E-state index in [0.717, 1.165) is 17.7 Å². The molecule has 0 bridgehead atoms. The van der Waals surface area contributed by atoms with E-state index < -0.39 is 17.8 Å². The summed E-state index contributed by atoms with van der Waals surface area (Å²) in [4.78, 5) is 31.1. The molecule has 1 aliphatic heterocycles. The first-order chi connectivity index (χ1) is 13.6. The first-order valence-corrected chi connectivity index (χ1v) is 10.4. The van der Waals surface area contributed by atoms with Gasteiger partial charge in [0.2, 0.25) is 0 Å². The van der Waals surface area contributed by atoms with Gasteiger partial charge in [-0.25, -0.2) is 4.79 Å². The number of fused-ring (bicyclic) bond motifs is 1. The second kappa shape index (κ2) is 8.13. The van der Waals surface area contributed by atoms with Gasteiger partial charge < -0.3 is 9.47 Å². The van der Waals surface area contributed by atoms with Gasteiger partial charge >= 0.3 is 5.97 Å². The number of ether oxygens (including phenoxy) is 2. The minimum Gasteiger partial charge on any atom is -0.494 e. The van der Waals surface area contributed by atoms with Crippen LogP contribution in [0.3, 0.4) is 0 Å². The van der Waals surface area contributed by atoms with Crippen molar-refractivity contribution in [3.8, 4) is 5.75 Å². The lowest BCUT2D eigenvalue weighted by atomic mass is 9.63. The van der Waals surface area contributed by atoms with Gasteiger partial charge in [0.15, 0.2) is 0 Å². The molecule has 1 heterocycles. The highest BCUT2D eigenvalue weighted by Gasteiger charge is 2.48. The largest absolute Gasteiger partial charge is 0.494 e. The van der Waals surface area contributed by atoms with Crippen LogP contribution in [0.1, 0.15) is 65.9 Å². The van der Waals surface area contributed by atoms with Crippen molar-refractivity contribution in [2.45, 2.75) is 66.4 Å². The molecule has 29 heavy (non-hydrogen) atoms. The molecule has 1 saturated carbocycles. The molecule has 1 fully saturated rings. The van der Waals surface area contributed by atoms with Crippen molar-refractivity contribution in [1.82, 2.24) is 0 Å². The Kier molecular flexibility index (Phi) is 5.97. The fraction of sp³-hybridized carbons (Fsp3) is 0.542. The lowest BCUT2D eigenvalue weighted by Gasteiger charge is -2.41. The maximum absolute atomic E-state index is 13.3. The Balaban J connectivity index is 2.19. The van der Waals surface area contributed by atoms with Gasteiger partial charge in [-0.1, -0.05) is 32.0 Å². The SMILES string of the molecule is CCOc1ccccc1[C@H]1C(C(=O)OC(C)C)=C(C)N=C2CC(C)(C)CC(=O)C21. The predicted octanol–water partition coefficient (Wildman–Crippen LogP) is 4.85. The average molecular weight is 398 g/mol. The molecule has 5 nitrogen and oxygen atoms in total. The van der Waals surface area contributed by atoms with Crippen LogP contribution in [0, 0.1) is 11.3 Å². The highest BCUT2D eigenvalue weighted by molar-refractivity contribution is 6.12. The molecule has 0 saturated heterocycles. The molecule has 156 valence electrons. The maximum Gasteiger partial charge on any atom is 0.336 e. The summed E-state index contributed by atoms with van der Waals surface area (Å²) in [6.45, 7) is 12.1. The molecule has 1 aliphatic carbocycles. The number of carbonyl (C=O) groups is 2. The van der Waals surface area contributed by atoms with Crippen LogP contribution in [0.5, 0.6) is 5.75 Å². The first-order valence-electron chi connectivity index (χ1n) is 10.4. The van der Waals surface area contributed by atoms with E-state index in [-0.39, 0.29) is 17.3 Å². The number of hydrogen-bond donors (Lipinski definition) is 0. The Bertz CT molecular complexity index is 879. The zero-order chi connectivity index (χ0) is 21.3. The third kappa shape index (κ3) is 4.29. The molecule has 2 atom stereocenters. The quantitative estimate of drug-likeness (QED) is 0.666. The molecular formula is C24H31NO4. The predicted molar refractivity (Wildman–Crippen MR) is 113 cm³/mol. The van der Waals surface area contributed by atoms with E-state index in [1.165, 1.54) is 0 Å². The van der Waals surface area contributed by atoms with Gasteiger partial charge in [0.1, 0.15) is 11.5 Å². The number of hydrogen-bond acceptors (Lipinski definition) is 5. The van der Waals surface area contributed by atoms with E-state index in [0.29, 0.717) is 30.0 Å². The summed E-state index contributed by atoms with van der Waals surface area (Å²) < 4.78 is 11.4. The Morgan fingerprint density at radius 1 is 1.21 bits per heavy atom. The summed E-state index contributed by atoms with van der Waals surface area (Å²) >= 11 is 0. The van der Waals surface area contributed by atoms with Crippen LogP contribution in [-0.4, -0.2) is 30.2 Å². The van der Waals surface area contributed by atoms with Gasteiger partial charge in [0.05, 0.1) is 24.2 Å². The summed E-state index contributed by atoms with van der Waals surface area (Å²) in [6.07, 6.45) is 0.952. The number of nitrogens with zero attached hydrogens (tertiary/aromatic N) is 1.